The molecule has 3 rings (SSSR count). The lowest BCUT2D eigenvalue weighted by Gasteiger charge is -2.23. The molecule has 1 atom stereocenters. The van der Waals surface area contributed by atoms with Crippen molar-refractivity contribution >= 4 is 11.9 Å². The fraction of sp³-hybridized carbons (Fsp3) is 0.500. The van der Waals surface area contributed by atoms with Gasteiger partial charge in [0.1, 0.15) is 0 Å². The van der Waals surface area contributed by atoms with Crippen molar-refractivity contribution in [2.75, 3.05) is 13.1 Å². The Morgan fingerprint density at radius 2 is 2.10 bits per heavy atom. The second-order valence-corrected chi connectivity index (χ2v) is 6.00. The molecule has 1 unspecified atom stereocenters. The van der Waals surface area contributed by atoms with Crippen LogP contribution in [0.15, 0.2) is 18.2 Å². The SMILES string of the molecule is CCC1(C(=O)O)CCN(C(=O)c2ccc3c(c2)CNC3)C1. The zero-order valence-corrected chi connectivity index (χ0v) is 12.2. The van der Waals surface area contributed by atoms with E-state index in [9.17, 15) is 14.7 Å². The molecule has 1 fully saturated rings. The van der Waals surface area contributed by atoms with Gasteiger partial charge in [0.05, 0.1) is 5.41 Å². The molecule has 2 N–H and O–H groups in total. The Morgan fingerprint density at radius 1 is 1.33 bits per heavy atom. The number of carbonyl (C=O) groups is 2. The van der Waals surface area contributed by atoms with E-state index in [4.69, 9.17) is 0 Å². The third-order valence-electron chi connectivity index (χ3n) is 4.86. The van der Waals surface area contributed by atoms with Crippen LogP contribution in [0.1, 0.15) is 41.3 Å². The Labute approximate surface area is 123 Å². The van der Waals surface area contributed by atoms with Crippen molar-refractivity contribution in [3.05, 3.63) is 34.9 Å². The van der Waals surface area contributed by atoms with Gasteiger partial charge >= 0.3 is 5.97 Å². The summed E-state index contributed by atoms with van der Waals surface area (Å²) in [6, 6.07) is 5.77. The van der Waals surface area contributed by atoms with E-state index in [1.54, 1.807) is 4.90 Å². The third kappa shape index (κ3) is 2.31. The normalized spacial score (nSPS) is 24.1. The van der Waals surface area contributed by atoms with Crippen LogP contribution in [0, 0.1) is 5.41 Å². The summed E-state index contributed by atoms with van der Waals surface area (Å²) in [5, 5.41) is 12.7. The number of likely N-dealkylation sites (tertiary alicyclic amines) is 1. The molecule has 5 heteroatoms. The maximum atomic E-state index is 12.6. The number of carboxylic acids is 1. The lowest BCUT2D eigenvalue weighted by Crippen LogP contribution is -2.36. The number of hydrogen-bond donors (Lipinski definition) is 2. The van der Waals surface area contributed by atoms with Crippen LogP contribution in [-0.2, 0) is 17.9 Å². The van der Waals surface area contributed by atoms with Crippen molar-refractivity contribution < 1.29 is 14.7 Å². The quantitative estimate of drug-likeness (QED) is 0.886. The van der Waals surface area contributed by atoms with Gasteiger partial charge in [-0.25, -0.2) is 0 Å². The minimum Gasteiger partial charge on any atom is -0.481 e. The van der Waals surface area contributed by atoms with E-state index >= 15 is 0 Å². The van der Waals surface area contributed by atoms with E-state index < -0.39 is 11.4 Å². The summed E-state index contributed by atoms with van der Waals surface area (Å²) in [5.41, 5.74) is 2.30. The molecule has 0 bridgehead atoms. The van der Waals surface area contributed by atoms with Gasteiger partial charge in [0.25, 0.3) is 5.91 Å². The molecule has 2 aliphatic heterocycles. The van der Waals surface area contributed by atoms with Crippen LogP contribution in [0.3, 0.4) is 0 Å². The second kappa shape index (κ2) is 5.15. The van der Waals surface area contributed by atoms with E-state index in [0.29, 0.717) is 31.5 Å². The zero-order chi connectivity index (χ0) is 15.0. The summed E-state index contributed by atoms with van der Waals surface area (Å²) in [5.74, 6) is -0.847. The smallest absolute Gasteiger partial charge is 0.311 e. The van der Waals surface area contributed by atoms with Crippen LogP contribution in [0.2, 0.25) is 0 Å². The molecule has 0 radical (unpaired) electrons. The first-order chi connectivity index (χ1) is 10.1. The summed E-state index contributed by atoms with van der Waals surface area (Å²) in [4.78, 5) is 25.7. The second-order valence-electron chi connectivity index (χ2n) is 6.00. The number of benzene rings is 1. The molecule has 0 spiro atoms. The van der Waals surface area contributed by atoms with Gasteiger partial charge in [-0.05, 0) is 36.1 Å². The third-order valence-corrected chi connectivity index (χ3v) is 4.86. The number of aliphatic carboxylic acids is 1. The molecule has 21 heavy (non-hydrogen) atoms. The number of nitrogens with zero attached hydrogens (tertiary/aromatic N) is 1. The van der Waals surface area contributed by atoms with Crippen LogP contribution in [0.25, 0.3) is 0 Å². The zero-order valence-electron chi connectivity index (χ0n) is 12.2. The number of carboxylic acid groups (broad SMARTS) is 1. The van der Waals surface area contributed by atoms with Gasteiger partial charge in [-0.2, -0.15) is 0 Å². The van der Waals surface area contributed by atoms with Crippen molar-refractivity contribution in [1.82, 2.24) is 10.2 Å². The number of hydrogen-bond acceptors (Lipinski definition) is 3. The molecule has 2 heterocycles. The largest absolute Gasteiger partial charge is 0.481 e. The van der Waals surface area contributed by atoms with Crippen molar-refractivity contribution in [3.63, 3.8) is 0 Å². The van der Waals surface area contributed by atoms with Crippen LogP contribution < -0.4 is 5.32 Å². The Kier molecular flexibility index (Phi) is 3.45. The first-order valence-corrected chi connectivity index (χ1v) is 7.41. The number of amides is 1. The predicted octanol–water partition coefficient (Wildman–Crippen LogP) is 1.62. The van der Waals surface area contributed by atoms with E-state index in [0.717, 1.165) is 13.1 Å². The highest BCUT2D eigenvalue weighted by Gasteiger charge is 2.44. The van der Waals surface area contributed by atoms with Crippen LogP contribution in [0.5, 0.6) is 0 Å². The highest BCUT2D eigenvalue weighted by Crippen LogP contribution is 2.35. The first kappa shape index (κ1) is 14.1. The Morgan fingerprint density at radius 3 is 2.76 bits per heavy atom. The van der Waals surface area contributed by atoms with Gasteiger partial charge in [-0.15, -0.1) is 0 Å². The van der Waals surface area contributed by atoms with Crippen LogP contribution in [0.4, 0.5) is 0 Å². The highest BCUT2D eigenvalue weighted by atomic mass is 16.4. The van der Waals surface area contributed by atoms with Gasteiger partial charge in [-0.3, -0.25) is 9.59 Å². The summed E-state index contributed by atoms with van der Waals surface area (Å²) in [7, 11) is 0. The van der Waals surface area contributed by atoms with Gasteiger partial charge in [-0.1, -0.05) is 13.0 Å². The van der Waals surface area contributed by atoms with Gasteiger partial charge in [0.2, 0.25) is 0 Å². The lowest BCUT2D eigenvalue weighted by atomic mass is 9.84. The fourth-order valence-corrected chi connectivity index (χ4v) is 3.27. The van der Waals surface area contributed by atoms with Crippen molar-refractivity contribution in [2.45, 2.75) is 32.9 Å². The molecule has 0 aliphatic carbocycles. The number of nitrogens with one attached hydrogen (secondary N) is 1. The summed E-state index contributed by atoms with van der Waals surface area (Å²) < 4.78 is 0. The molecule has 0 aromatic heterocycles. The highest BCUT2D eigenvalue weighted by molar-refractivity contribution is 5.95. The van der Waals surface area contributed by atoms with E-state index in [1.165, 1.54) is 11.1 Å². The van der Waals surface area contributed by atoms with E-state index in [2.05, 4.69) is 5.32 Å². The van der Waals surface area contributed by atoms with Gasteiger partial charge in [0, 0.05) is 31.7 Å². The summed E-state index contributed by atoms with van der Waals surface area (Å²) in [6.45, 7) is 4.36. The summed E-state index contributed by atoms with van der Waals surface area (Å²) in [6.07, 6.45) is 1.09. The number of rotatable bonds is 3. The maximum Gasteiger partial charge on any atom is 0.311 e. The molecule has 1 aromatic rings. The van der Waals surface area contributed by atoms with Crippen molar-refractivity contribution in [3.8, 4) is 0 Å². The minimum absolute atomic E-state index is 0.0544. The van der Waals surface area contributed by atoms with E-state index in [1.807, 2.05) is 25.1 Å². The molecule has 2 aliphatic rings. The Balaban J connectivity index is 1.79. The van der Waals surface area contributed by atoms with Gasteiger partial charge < -0.3 is 15.3 Å². The fourth-order valence-electron chi connectivity index (χ4n) is 3.27. The number of fused-ring (bicyclic) bond motifs is 1. The molecule has 1 aromatic carbocycles. The van der Waals surface area contributed by atoms with Crippen LogP contribution >= 0.6 is 0 Å². The molecular weight excluding hydrogens is 268 g/mol. The summed E-state index contributed by atoms with van der Waals surface area (Å²) >= 11 is 0. The van der Waals surface area contributed by atoms with Crippen molar-refractivity contribution in [2.24, 2.45) is 5.41 Å². The lowest BCUT2D eigenvalue weighted by molar-refractivity contribution is -0.148. The minimum atomic E-state index is -0.793. The number of carbonyl (C=O) groups excluding carboxylic acids is 1. The van der Waals surface area contributed by atoms with Crippen LogP contribution in [-0.4, -0.2) is 35.0 Å². The molecule has 5 nitrogen and oxygen atoms in total. The van der Waals surface area contributed by atoms with Gasteiger partial charge in [0.15, 0.2) is 0 Å². The standard InChI is InChI=1S/C16H20N2O3/c1-2-16(15(20)21)5-6-18(10-16)14(19)11-3-4-12-8-17-9-13(12)7-11/h3-4,7,17H,2,5-6,8-10H2,1H3,(H,20,21). The molecule has 112 valence electrons. The van der Waals surface area contributed by atoms with Crippen molar-refractivity contribution in [1.29, 1.82) is 0 Å². The molecule has 1 amide bonds. The molecule has 1 saturated heterocycles. The first-order valence-electron chi connectivity index (χ1n) is 7.41. The Bertz CT molecular complexity index is 599. The Hall–Kier alpha value is -1.88. The van der Waals surface area contributed by atoms with E-state index in [-0.39, 0.29) is 5.91 Å². The molecule has 0 saturated carbocycles. The predicted molar refractivity (Wildman–Crippen MR) is 77.9 cm³/mol. The monoisotopic (exact) mass is 288 g/mol. The average molecular weight is 288 g/mol. The average Bonchev–Trinajstić information content (AvgIpc) is 3.13. The maximum absolute atomic E-state index is 12.6. The topological polar surface area (TPSA) is 69.6 Å². The molecular formula is C16H20N2O3.